The highest BCUT2D eigenvalue weighted by molar-refractivity contribution is 5.96. The number of benzene rings is 1. The molecular weight excluding hydrogens is 230 g/mol. The minimum absolute atomic E-state index is 0.363. The number of likely N-dealkylation sites (tertiary alicyclic amines) is 1. The number of hydrogen-bond donors (Lipinski definition) is 2. The van der Waals surface area contributed by atoms with Gasteiger partial charge in [-0.05, 0) is 38.2 Å². The van der Waals surface area contributed by atoms with Crippen LogP contribution in [0.1, 0.15) is 16.8 Å². The van der Waals surface area contributed by atoms with Crippen LogP contribution in [0.2, 0.25) is 0 Å². The van der Waals surface area contributed by atoms with Crippen molar-refractivity contribution in [1.82, 2.24) is 4.90 Å². The first-order chi connectivity index (χ1) is 8.60. The predicted molar refractivity (Wildman–Crippen MR) is 71.7 cm³/mol. The molecule has 3 N–H and O–H groups in total. The van der Waals surface area contributed by atoms with E-state index in [9.17, 15) is 4.79 Å². The summed E-state index contributed by atoms with van der Waals surface area (Å²) >= 11 is 0. The molecule has 2 rings (SSSR count). The van der Waals surface area contributed by atoms with Crippen molar-refractivity contribution in [3.8, 4) is 0 Å². The lowest BCUT2D eigenvalue weighted by Crippen LogP contribution is -2.24. The molecule has 1 aromatic rings. The lowest BCUT2D eigenvalue weighted by atomic mass is 10.1. The van der Waals surface area contributed by atoms with Gasteiger partial charge in [0.15, 0.2) is 0 Å². The van der Waals surface area contributed by atoms with Gasteiger partial charge in [-0.15, -0.1) is 0 Å². The Morgan fingerprint density at radius 2 is 2.33 bits per heavy atom. The van der Waals surface area contributed by atoms with Crippen molar-refractivity contribution in [1.29, 1.82) is 0 Å². The lowest BCUT2D eigenvalue weighted by Gasteiger charge is -2.17. The Morgan fingerprint density at radius 1 is 1.56 bits per heavy atom. The van der Waals surface area contributed by atoms with Crippen molar-refractivity contribution in [2.75, 3.05) is 38.3 Å². The molecule has 5 heteroatoms. The molecule has 1 atom stereocenters. The molecule has 1 unspecified atom stereocenters. The summed E-state index contributed by atoms with van der Waals surface area (Å²) in [6, 6.07) is 5.63. The van der Waals surface area contributed by atoms with Crippen LogP contribution >= 0.6 is 0 Å². The van der Waals surface area contributed by atoms with Gasteiger partial charge in [-0.3, -0.25) is 0 Å². The number of likely N-dealkylation sites (N-methyl/N-ethyl adjacent to an activating group) is 1. The van der Waals surface area contributed by atoms with Gasteiger partial charge in [0, 0.05) is 24.0 Å². The SMILES string of the molecule is COC(=O)c1cc(N)ccc1NC1CCN(C)C1. The van der Waals surface area contributed by atoms with Gasteiger partial charge in [0.25, 0.3) is 0 Å². The first-order valence-corrected chi connectivity index (χ1v) is 6.03. The summed E-state index contributed by atoms with van der Waals surface area (Å²) < 4.78 is 4.77. The van der Waals surface area contributed by atoms with Crippen LogP contribution in [0.4, 0.5) is 11.4 Å². The summed E-state index contributed by atoms with van der Waals surface area (Å²) in [6.07, 6.45) is 1.07. The van der Waals surface area contributed by atoms with E-state index in [1.54, 1.807) is 12.1 Å². The number of carbonyl (C=O) groups excluding carboxylic acids is 1. The zero-order chi connectivity index (χ0) is 13.1. The van der Waals surface area contributed by atoms with Gasteiger partial charge in [0.2, 0.25) is 0 Å². The molecule has 18 heavy (non-hydrogen) atoms. The van der Waals surface area contributed by atoms with Crippen molar-refractivity contribution in [2.45, 2.75) is 12.5 Å². The summed E-state index contributed by atoms with van der Waals surface area (Å²) in [7, 11) is 3.46. The number of methoxy groups -OCH3 is 1. The van der Waals surface area contributed by atoms with Gasteiger partial charge >= 0.3 is 5.97 Å². The fourth-order valence-electron chi connectivity index (χ4n) is 2.24. The highest BCUT2D eigenvalue weighted by Crippen LogP contribution is 2.22. The van der Waals surface area contributed by atoms with Crippen LogP contribution in [0.3, 0.4) is 0 Å². The van der Waals surface area contributed by atoms with Crippen molar-refractivity contribution in [2.24, 2.45) is 0 Å². The number of esters is 1. The second-order valence-corrected chi connectivity index (χ2v) is 4.69. The van der Waals surface area contributed by atoms with Crippen molar-refractivity contribution in [3.05, 3.63) is 23.8 Å². The Labute approximate surface area is 107 Å². The van der Waals surface area contributed by atoms with E-state index < -0.39 is 0 Å². The van der Waals surface area contributed by atoms with E-state index in [0.29, 0.717) is 17.3 Å². The summed E-state index contributed by atoms with van der Waals surface area (Å²) in [6.45, 7) is 2.05. The number of nitrogen functional groups attached to an aromatic ring is 1. The molecule has 0 aromatic heterocycles. The Morgan fingerprint density at radius 3 is 2.94 bits per heavy atom. The van der Waals surface area contributed by atoms with Gasteiger partial charge in [0.1, 0.15) is 0 Å². The van der Waals surface area contributed by atoms with Crippen LogP contribution in [-0.2, 0) is 4.74 Å². The van der Waals surface area contributed by atoms with Gasteiger partial charge < -0.3 is 20.7 Å². The molecule has 1 saturated heterocycles. The fraction of sp³-hybridized carbons (Fsp3) is 0.462. The molecule has 0 aliphatic carbocycles. The molecule has 0 spiro atoms. The second kappa shape index (κ2) is 5.27. The fourth-order valence-corrected chi connectivity index (χ4v) is 2.24. The Bertz CT molecular complexity index is 448. The van der Waals surface area contributed by atoms with Gasteiger partial charge in [-0.25, -0.2) is 4.79 Å². The van der Waals surface area contributed by atoms with E-state index in [2.05, 4.69) is 17.3 Å². The lowest BCUT2D eigenvalue weighted by molar-refractivity contribution is 0.0602. The molecule has 1 aromatic carbocycles. The predicted octanol–water partition coefficient (Wildman–Crippen LogP) is 1.17. The van der Waals surface area contributed by atoms with E-state index in [1.165, 1.54) is 7.11 Å². The molecule has 1 fully saturated rings. The number of nitrogens with one attached hydrogen (secondary N) is 1. The monoisotopic (exact) mass is 249 g/mol. The number of nitrogens with zero attached hydrogens (tertiary/aromatic N) is 1. The average molecular weight is 249 g/mol. The zero-order valence-electron chi connectivity index (χ0n) is 10.8. The first kappa shape index (κ1) is 12.7. The number of rotatable bonds is 3. The normalized spacial score (nSPS) is 19.8. The third kappa shape index (κ3) is 2.73. The highest BCUT2D eigenvalue weighted by atomic mass is 16.5. The zero-order valence-corrected chi connectivity index (χ0v) is 10.8. The molecule has 0 radical (unpaired) electrons. The summed E-state index contributed by atoms with van der Waals surface area (Å²) in [5, 5.41) is 3.38. The average Bonchev–Trinajstić information content (AvgIpc) is 2.76. The minimum Gasteiger partial charge on any atom is -0.465 e. The van der Waals surface area contributed by atoms with Crippen molar-refractivity contribution < 1.29 is 9.53 Å². The van der Waals surface area contributed by atoms with Crippen LogP contribution in [0.15, 0.2) is 18.2 Å². The van der Waals surface area contributed by atoms with Crippen LogP contribution in [0, 0.1) is 0 Å². The number of hydrogen-bond acceptors (Lipinski definition) is 5. The maximum Gasteiger partial charge on any atom is 0.340 e. The summed E-state index contributed by atoms with van der Waals surface area (Å²) in [5.41, 5.74) is 7.55. The van der Waals surface area contributed by atoms with E-state index in [-0.39, 0.29) is 5.97 Å². The van der Waals surface area contributed by atoms with Crippen LogP contribution < -0.4 is 11.1 Å². The number of carbonyl (C=O) groups is 1. The largest absolute Gasteiger partial charge is 0.465 e. The molecule has 0 bridgehead atoms. The molecule has 1 aliphatic heterocycles. The third-order valence-corrected chi connectivity index (χ3v) is 3.20. The van der Waals surface area contributed by atoms with E-state index in [4.69, 9.17) is 10.5 Å². The van der Waals surface area contributed by atoms with E-state index in [0.717, 1.165) is 25.2 Å². The van der Waals surface area contributed by atoms with Crippen LogP contribution in [-0.4, -0.2) is 44.2 Å². The van der Waals surface area contributed by atoms with Crippen LogP contribution in [0.5, 0.6) is 0 Å². The second-order valence-electron chi connectivity index (χ2n) is 4.69. The molecule has 98 valence electrons. The quantitative estimate of drug-likeness (QED) is 0.622. The van der Waals surface area contributed by atoms with Crippen molar-refractivity contribution >= 4 is 17.3 Å². The van der Waals surface area contributed by atoms with Gasteiger partial charge in [-0.1, -0.05) is 0 Å². The number of ether oxygens (including phenoxy) is 1. The maximum absolute atomic E-state index is 11.7. The molecule has 0 amide bonds. The molecule has 5 nitrogen and oxygen atoms in total. The molecule has 1 heterocycles. The Hall–Kier alpha value is -1.75. The van der Waals surface area contributed by atoms with Gasteiger partial charge in [0.05, 0.1) is 12.7 Å². The van der Waals surface area contributed by atoms with Crippen molar-refractivity contribution in [3.63, 3.8) is 0 Å². The maximum atomic E-state index is 11.7. The topological polar surface area (TPSA) is 67.6 Å². The molecule has 0 saturated carbocycles. The van der Waals surface area contributed by atoms with Gasteiger partial charge in [-0.2, -0.15) is 0 Å². The standard InChI is InChI=1S/C13H19N3O2/c1-16-6-5-10(8-16)15-12-4-3-9(14)7-11(12)13(17)18-2/h3-4,7,10,15H,5-6,8,14H2,1-2H3. The first-order valence-electron chi connectivity index (χ1n) is 6.03. The highest BCUT2D eigenvalue weighted by Gasteiger charge is 2.21. The Kier molecular flexibility index (Phi) is 3.72. The summed E-state index contributed by atoms with van der Waals surface area (Å²) in [4.78, 5) is 14.0. The minimum atomic E-state index is -0.365. The number of nitrogens with two attached hydrogens (primary N) is 1. The smallest absolute Gasteiger partial charge is 0.340 e. The molecular formula is C13H19N3O2. The Balaban J connectivity index is 2.18. The van der Waals surface area contributed by atoms with E-state index >= 15 is 0 Å². The summed E-state index contributed by atoms with van der Waals surface area (Å²) in [5.74, 6) is -0.365. The molecule has 1 aliphatic rings. The van der Waals surface area contributed by atoms with E-state index in [1.807, 2.05) is 6.07 Å². The van der Waals surface area contributed by atoms with Crippen LogP contribution in [0.25, 0.3) is 0 Å². The third-order valence-electron chi connectivity index (χ3n) is 3.20. The number of anilines is 2.